The molecule has 27 heavy (non-hydrogen) atoms. The lowest BCUT2D eigenvalue weighted by Gasteiger charge is -2.20. The Balaban J connectivity index is 0.00000364. The van der Waals surface area contributed by atoms with Gasteiger partial charge in [0, 0.05) is 25.6 Å². The minimum atomic E-state index is -0.361. The minimum absolute atomic E-state index is 0. The lowest BCUT2D eigenvalue weighted by Crippen LogP contribution is -2.35. The molecule has 0 bridgehead atoms. The summed E-state index contributed by atoms with van der Waals surface area (Å²) in [6, 6.07) is 6.13. The molecule has 0 aliphatic rings. The van der Waals surface area contributed by atoms with Crippen molar-refractivity contribution < 1.29 is 9.18 Å². The van der Waals surface area contributed by atoms with Crippen LogP contribution in [0, 0.1) is 11.7 Å². The second kappa shape index (κ2) is 9.80. The molecule has 2 N–H and O–H groups in total. The molecule has 0 saturated heterocycles. The van der Waals surface area contributed by atoms with Crippen molar-refractivity contribution in [1.29, 1.82) is 0 Å². The number of carbonyl (C=O) groups is 1. The first-order valence-electron chi connectivity index (χ1n) is 8.94. The monoisotopic (exact) mass is 397 g/mol. The number of halogens is 2. The third kappa shape index (κ3) is 5.74. The topological polar surface area (TPSA) is 77.0 Å². The van der Waals surface area contributed by atoms with E-state index >= 15 is 0 Å². The van der Waals surface area contributed by atoms with Gasteiger partial charge in [0.2, 0.25) is 5.82 Å². The first-order chi connectivity index (χ1) is 12.2. The van der Waals surface area contributed by atoms with E-state index in [2.05, 4.69) is 23.9 Å². The van der Waals surface area contributed by atoms with Crippen LogP contribution in [0.25, 0.3) is 5.69 Å². The molecule has 0 radical (unpaired) electrons. The fourth-order valence-corrected chi connectivity index (χ4v) is 2.53. The van der Waals surface area contributed by atoms with E-state index in [9.17, 15) is 9.18 Å². The molecule has 0 saturated carbocycles. The number of nitrogens with zero attached hydrogens (tertiary/aromatic N) is 4. The summed E-state index contributed by atoms with van der Waals surface area (Å²) in [7, 11) is 1.72. The second-order valence-electron chi connectivity index (χ2n) is 7.26. The fraction of sp³-hybridized carbons (Fsp3) is 0.526. The molecule has 1 aromatic heterocycles. The fourth-order valence-electron chi connectivity index (χ4n) is 2.53. The third-order valence-corrected chi connectivity index (χ3v) is 4.39. The Labute approximate surface area is 166 Å². The second-order valence-corrected chi connectivity index (χ2v) is 7.26. The number of nitrogens with two attached hydrogens (primary N) is 1. The number of aromatic nitrogens is 3. The van der Waals surface area contributed by atoms with Crippen LogP contribution in [0.5, 0.6) is 0 Å². The molecule has 1 amide bonds. The van der Waals surface area contributed by atoms with E-state index in [1.165, 1.54) is 16.8 Å². The summed E-state index contributed by atoms with van der Waals surface area (Å²) in [5, 5.41) is 4.34. The zero-order valence-electron chi connectivity index (χ0n) is 16.5. The maximum Gasteiger partial charge on any atom is 0.293 e. The highest BCUT2D eigenvalue weighted by Gasteiger charge is 2.22. The average molecular weight is 398 g/mol. The molecule has 8 heteroatoms. The van der Waals surface area contributed by atoms with Crippen LogP contribution in [0.2, 0.25) is 0 Å². The molecule has 1 atom stereocenters. The van der Waals surface area contributed by atoms with Gasteiger partial charge in [-0.2, -0.15) is 0 Å². The van der Waals surface area contributed by atoms with Crippen LogP contribution in [0.4, 0.5) is 4.39 Å². The number of carbonyl (C=O) groups excluding carboxylic acids is 1. The molecule has 0 aliphatic carbocycles. The van der Waals surface area contributed by atoms with Gasteiger partial charge in [-0.1, -0.05) is 33.8 Å². The Hall–Kier alpha value is -1.99. The molecule has 0 fully saturated rings. The van der Waals surface area contributed by atoms with Crippen molar-refractivity contribution in [2.45, 2.75) is 46.1 Å². The van der Waals surface area contributed by atoms with E-state index in [4.69, 9.17) is 5.73 Å². The number of amides is 1. The Morgan fingerprint density at radius 3 is 2.52 bits per heavy atom. The van der Waals surface area contributed by atoms with E-state index < -0.39 is 0 Å². The van der Waals surface area contributed by atoms with Gasteiger partial charge < -0.3 is 10.6 Å². The van der Waals surface area contributed by atoms with E-state index in [0.717, 1.165) is 0 Å². The Morgan fingerprint density at radius 2 is 1.96 bits per heavy atom. The molecule has 6 nitrogen and oxygen atoms in total. The van der Waals surface area contributed by atoms with Crippen LogP contribution in [0.1, 0.15) is 56.5 Å². The van der Waals surface area contributed by atoms with Crippen molar-refractivity contribution in [1.82, 2.24) is 19.7 Å². The zero-order chi connectivity index (χ0) is 19.4. The lowest BCUT2D eigenvalue weighted by atomic mass is 10.0. The van der Waals surface area contributed by atoms with Crippen molar-refractivity contribution in [2.24, 2.45) is 11.7 Å². The Kier molecular flexibility index (Phi) is 8.37. The molecule has 1 aromatic carbocycles. The first-order valence-corrected chi connectivity index (χ1v) is 8.94. The van der Waals surface area contributed by atoms with Crippen LogP contribution in [-0.2, 0) is 0 Å². The average Bonchev–Trinajstić information content (AvgIpc) is 3.04. The molecular weight excluding hydrogens is 369 g/mol. The number of rotatable bonds is 7. The van der Waals surface area contributed by atoms with E-state index in [-0.39, 0.29) is 41.9 Å². The van der Waals surface area contributed by atoms with Crippen LogP contribution < -0.4 is 5.73 Å². The van der Waals surface area contributed by atoms with Gasteiger partial charge in [0.1, 0.15) is 11.6 Å². The number of hydrogen-bond acceptors (Lipinski definition) is 4. The van der Waals surface area contributed by atoms with Gasteiger partial charge in [-0.3, -0.25) is 4.79 Å². The smallest absolute Gasteiger partial charge is 0.293 e. The minimum Gasteiger partial charge on any atom is -0.339 e. The van der Waals surface area contributed by atoms with Gasteiger partial charge in [0.15, 0.2) is 0 Å². The van der Waals surface area contributed by atoms with Crippen molar-refractivity contribution in [3.8, 4) is 5.69 Å². The highest BCUT2D eigenvalue weighted by atomic mass is 35.5. The maximum atomic E-state index is 13.6. The summed E-state index contributed by atoms with van der Waals surface area (Å²) in [6.07, 6.45) is 0.710. The van der Waals surface area contributed by atoms with Crippen LogP contribution in [0.15, 0.2) is 24.3 Å². The Morgan fingerprint density at radius 1 is 1.30 bits per heavy atom. The molecule has 2 rings (SSSR count). The molecule has 1 unspecified atom stereocenters. The molecule has 2 aromatic rings. The van der Waals surface area contributed by atoms with Crippen molar-refractivity contribution in [3.05, 3.63) is 41.7 Å². The van der Waals surface area contributed by atoms with E-state index in [0.29, 0.717) is 30.4 Å². The standard InChI is InChI=1S/C19H28FN5O.ClH/c1-12(2)16(21)9-10-24(5)19(26)17-22-18(13(3)4)25(23-17)15-8-6-7-14(20)11-15;/h6-8,11-13,16H,9-10,21H2,1-5H3;1H. The van der Waals surface area contributed by atoms with Crippen LogP contribution >= 0.6 is 12.4 Å². The molecular formula is C19H29ClFN5O. The SMILES string of the molecule is CC(C)c1nc(C(=O)N(C)CCC(N)C(C)C)nn1-c1cccc(F)c1.Cl. The zero-order valence-corrected chi connectivity index (χ0v) is 17.3. The summed E-state index contributed by atoms with van der Waals surface area (Å²) in [4.78, 5) is 18.7. The normalized spacial score (nSPS) is 12.2. The largest absolute Gasteiger partial charge is 0.339 e. The summed E-state index contributed by atoms with van der Waals surface area (Å²) >= 11 is 0. The van der Waals surface area contributed by atoms with Gasteiger partial charge in [-0.05, 0) is 30.5 Å². The lowest BCUT2D eigenvalue weighted by molar-refractivity contribution is 0.0777. The summed E-state index contributed by atoms with van der Waals surface area (Å²) in [6.45, 7) is 8.57. The molecule has 0 spiro atoms. The highest BCUT2D eigenvalue weighted by Crippen LogP contribution is 2.19. The summed E-state index contributed by atoms with van der Waals surface area (Å²) in [5.74, 6) is 0.492. The quantitative estimate of drug-likeness (QED) is 0.776. The van der Waals surface area contributed by atoms with Crippen LogP contribution in [0.3, 0.4) is 0 Å². The highest BCUT2D eigenvalue weighted by molar-refractivity contribution is 5.90. The van der Waals surface area contributed by atoms with Gasteiger partial charge in [-0.15, -0.1) is 17.5 Å². The van der Waals surface area contributed by atoms with Gasteiger partial charge >= 0.3 is 0 Å². The van der Waals surface area contributed by atoms with Crippen molar-refractivity contribution >= 4 is 18.3 Å². The predicted molar refractivity (Wildman–Crippen MR) is 107 cm³/mol. The van der Waals surface area contributed by atoms with Crippen molar-refractivity contribution in [3.63, 3.8) is 0 Å². The van der Waals surface area contributed by atoms with Crippen molar-refractivity contribution in [2.75, 3.05) is 13.6 Å². The van der Waals surface area contributed by atoms with Gasteiger partial charge in [0.25, 0.3) is 5.91 Å². The molecule has 1 heterocycles. The molecule has 150 valence electrons. The Bertz CT molecular complexity index is 762. The third-order valence-electron chi connectivity index (χ3n) is 4.39. The number of benzene rings is 1. The number of hydrogen-bond donors (Lipinski definition) is 1. The molecule has 0 aliphatic heterocycles. The maximum absolute atomic E-state index is 13.6. The van der Waals surface area contributed by atoms with Gasteiger partial charge in [0.05, 0.1) is 5.69 Å². The van der Waals surface area contributed by atoms with E-state index in [1.807, 2.05) is 13.8 Å². The van der Waals surface area contributed by atoms with E-state index in [1.54, 1.807) is 24.1 Å². The summed E-state index contributed by atoms with van der Waals surface area (Å²) < 4.78 is 15.1. The van der Waals surface area contributed by atoms with Crippen LogP contribution in [-0.4, -0.2) is 45.2 Å². The summed E-state index contributed by atoms with van der Waals surface area (Å²) in [5.41, 5.74) is 6.60. The first kappa shape index (κ1) is 23.0. The predicted octanol–water partition coefficient (Wildman–Crippen LogP) is 3.40. The van der Waals surface area contributed by atoms with Gasteiger partial charge in [-0.25, -0.2) is 14.1 Å².